The van der Waals surface area contributed by atoms with Crippen molar-refractivity contribution < 1.29 is 4.39 Å². The number of nitriles is 1. The predicted octanol–water partition coefficient (Wildman–Crippen LogP) is 3.44. The summed E-state index contributed by atoms with van der Waals surface area (Å²) in [6.45, 7) is 7.56. The van der Waals surface area contributed by atoms with E-state index in [1.165, 1.54) is 6.07 Å². The summed E-state index contributed by atoms with van der Waals surface area (Å²) in [7, 11) is 0. The zero-order valence-electron chi connectivity index (χ0n) is 12.7. The van der Waals surface area contributed by atoms with E-state index in [9.17, 15) is 4.39 Å². The third-order valence-electron chi connectivity index (χ3n) is 3.19. The molecule has 2 aromatic rings. The van der Waals surface area contributed by atoms with Crippen LogP contribution in [0.1, 0.15) is 37.5 Å². The lowest BCUT2D eigenvalue weighted by molar-refractivity contribution is 0.424. The van der Waals surface area contributed by atoms with Crippen molar-refractivity contribution in [2.45, 2.75) is 39.4 Å². The summed E-state index contributed by atoms with van der Waals surface area (Å²) in [6, 6.07) is 8.80. The highest BCUT2D eigenvalue weighted by atomic mass is 19.1. The Hall–Kier alpha value is -2.12. The van der Waals surface area contributed by atoms with Crippen LogP contribution in [0.3, 0.4) is 0 Å². The molecule has 110 valence electrons. The summed E-state index contributed by atoms with van der Waals surface area (Å²) in [5.41, 5.74) is 1.84. The largest absolute Gasteiger partial charge is 0.349 e. The van der Waals surface area contributed by atoms with Crippen LogP contribution in [0, 0.1) is 17.1 Å². The molecule has 0 saturated carbocycles. The summed E-state index contributed by atoms with van der Waals surface area (Å²) in [6.07, 6.45) is 3.93. The first-order valence-electron chi connectivity index (χ1n) is 6.96. The average molecular weight is 285 g/mol. The number of hydrogen-bond donors (Lipinski definition) is 1. The number of halogens is 1. The maximum absolute atomic E-state index is 14.0. The lowest BCUT2D eigenvalue weighted by Crippen LogP contribution is -2.34. The fourth-order valence-electron chi connectivity index (χ4n) is 2.05. The molecule has 1 aromatic carbocycles. The van der Waals surface area contributed by atoms with Gasteiger partial charge >= 0.3 is 0 Å². The Kier molecular flexibility index (Phi) is 4.44. The fraction of sp³-hybridized carbons (Fsp3) is 0.353. The number of nitrogens with zero attached hydrogens (tertiary/aromatic N) is 2. The maximum Gasteiger partial charge on any atom is 0.145 e. The third-order valence-corrected chi connectivity index (χ3v) is 3.19. The average Bonchev–Trinajstić information content (AvgIpc) is 2.86. The van der Waals surface area contributed by atoms with Gasteiger partial charge in [-0.1, -0.05) is 12.1 Å². The summed E-state index contributed by atoms with van der Waals surface area (Å²) < 4.78 is 16.0. The van der Waals surface area contributed by atoms with Crippen molar-refractivity contribution in [1.82, 2.24) is 9.88 Å². The quantitative estimate of drug-likeness (QED) is 0.935. The van der Waals surface area contributed by atoms with Crippen molar-refractivity contribution in [2.24, 2.45) is 0 Å². The number of nitrogens with one attached hydrogen (secondary N) is 1. The maximum atomic E-state index is 14.0. The van der Waals surface area contributed by atoms with Crippen molar-refractivity contribution in [2.75, 3.05) is 0 Å². The van der Waals surface area contributed by atoms with Crippen LogP contribution >= 0.6 is 0 Å². The van der Waals surface area contributed by atoms with Gasteiger partial charge in [0, 0.05) is 36.6 Å². The second kappa shape index (κ2) is 6.11. The second-order valence-corrected chi connectivity index (χ2v) is 6.19. The van der Waals surface area contributed by atoms with Crippen LogP contribution < -0.4 is 5.32 Å². The summed E-state index contributed by atoms with van der Waals surface area (Å²) in [4.78, 5) is 0. The molecule has 1 heterocycles. The Balaban J connectivity index is 2.08. The van der Waals surface area contributed by atoms with Crippen LogP contribution in [-0.2, 0) is 13.1 Å². The molecule has 1 aromatic heterocycles. The second-order valence-electron chi connectivity index (χ2n) is 6.19. The van der Waals surface area contributed by atoms with E-state index < -0.39 is 5.82 Å². The van der Waals surface area contributed by atoms with E-state index in [2.05, 4.69) is 26.1 Å². The van der Waals surface area contributed by atoms with Gasteiger partial charge in [-0.15, -0.1) is 0 Å². The van der Waals surface area contributed by atoms with Gasteiger partial charge in [0.05, 0.1) is 5.56 Å². The minimum absolute atomic E-state index is 0.0648. The molecular formula is C17H20FN3. The molecule has 0 aliphatic heterocycles. The number of aromatic nitrogens is 1. The molecule has 0 fully saturated rings. The minimum Gasteiger partial charge on any atom is -0.349 e. The zero-order valence-corrected chi connectivity index (χ0v) is 12.7. The minimum atomic E-state index is -0.428. The molecule has 3 nitrogen and oxygen atoms in total. The van der Waals surface area contributed by atoms with Crippen LogP contribution in [0.25, 0.3) is 0 Å². The first-order chi connectivity index (χ1) is 9.89. The van der Waals surface area contributed by atoms with E-state index >= 15 is 0 Å². The van der Waals surface area contributed by atoms with E-state index in [-0.39, 0.29) is 11.1 Å². The van der Waals surface area contributed by atoms with Gasteiger partial charge < -0.3 is 9.88 Å². The molecule has 0 amide bonds. The molecular weight excluding hydrogens is 265 g/mol. The van der Waals surface area contributed by atoms with E-state index in [1.807, 2.05) is 29.1 Å². The first-order valence-corrected chi connectivity index (χ1v) is 6.96. The van der Waals surface area contributed by atoms with Gasteiger partial charge in [0.15, 0.2) is 0 Å². The molecule has 0 aliphatic rings. The highest BCUT2D eigenvalue weighted by Crippen LogP contribution is 2.14. The van der Waals surface area contributed by atoms with E-state index in [1.54, 1.807) is 12.1 Å². The number of benzene rings is 1. The highest BCUT2D eigenvalue weighted by Gasteiger charge is 2.10. The number of hydrogen-bond acceptors (Lipinski definition) is 2. The van der Waals surface area contributed by atoms with Crippen molar-refractivity contribution >= 4 is 0 Å². The molecule has 4 heteroatoms. The van der Waals surface area contributed by atoms with Gasteiger partial charge in [-0.3, -0.25) is 0 Å². The Morgan fingerprint density at radius 2 is 2.05 bits per heavy atom. The first kappa shape index (κ1) is 15.3. The van der Waals surface area contributed by atoms with E-state index in [0.29, 0.717) is 12.1 Å². The fourth-order valence-corrected chi connectivity index (χ4v) is 2.05. The van der Waals surface area contributed by atoms with Crippen LogP contribution in [0.5, 0.6) is 0 Å². The molecule has 2 rings (SSSR count). The summed E-state index contributed by atoms with van der Waals surface area (Å²) in [5, 5.41) is 12.3. The van der Waals surface area contributed by atoms with E-state index in [4.69, 9.17) is 5.26 Å². The van der Waals surface area contributed by atoms with Gasteiger partial charge in [0.1, 0.15) is 11.9 Å². The van der Waals surface area contributed by atoms with Gasteiger partial charge in [-0.05, 0) is 38.5 Å². The number of rotatable bonds is 4. The highest BCUT2D eigenvalue weighted by molar-refractivity contribution is 5.35. The molecule has 21 heavy (non-hydrogen) atoms. The zero-order chi connectivity index (χ0) is 15.5. The predicted molar refractivity (Wildman–Crippen MR) is 81.2 cm³/mol. The monoisotopic (exact) mass is 285 g/mol. The molecule has 0 saturated heterocycles. The Morgan fingerprint density at radius 1 is 1.29 bits per heavy atom. The van der Waals surface area contributed by atoms with Crippen LogP contribution in [0.4, 0.5) is 4.39 Å². The summed E-state index contributed by atoms with van der Waals surface area (Å²) >= 11 is 0. The normalized spacial score (nSPS) is 11.4. The molecule has 0 spiro atoms. The third kappa shape index (κ3) is 4.17. The SMILES string of the molecule is CC(C)(C)NCc1ccn(Cc2cccc(C#N)c2F)c1. The van der Waals surface area contributed by atoms with Crippen LogP contribution in [-0.4, -0.2) is 10.1 Å². The van der Waals surface area contributed by atoms with Crippen LogP contribution in [0.2, 0.25) is 0 Å². The van der Waals surface area contributed by atoms with Gasteiger partial charge in [0.2, 0.25) is 0 Å². The Labute approximate surface area is 125 Å². The topological polar surface area (TPSA) is 40.8 Å². The molecule has 0 unspecified atom stereocenters. The van der Waals surface area contributed by atoms with Gasteiger partial charge in [-0.25, -0.2) is 4.39 Å². The standard InChI is InChI=1S/C17H20FN3/c1-17(2,3)20-10-13-7-8-21(11-13)12-15-6-4-5-14(9-19)16(15)18/h4-8,11,20H,10,12H2,1-3H3. The lowest BCUT2D eigenvalue weighted by atomic mass is 10.1. The van der Waals surface area contributed by atoms with Gasteiger partial charge in [-0.2, -0.15) is 5.26 Å². The lowest BCUT2D eigenvalue weighted by Gasteiger charge is -2.19. The van der Waals surface area contributed by atoms with E-state index in [0.717, 1.165) is 12.1 Å². The molecule has 1 N–H and O–H groups in total. The van der Waals surface area contributed by atoms with Crippen molar-refractivity contribution in [3.05, 3.63) is 59.2 Å². The summed E-state index contributed by atoms with van der Waals surface area (Å²) in [5.74, 6) is -0.428. The smallest absolute Gasteiger partial charge is 0.145 e. The Morgan fingerprint density at radius 3 is 2.71 bits per heavy atom. The van der Waals surface area contributed by atoms with Gasteiger partial charge in [0.25, 0.3) is 0 Å². The van der Waals surface area contributed by atoms with Crippen LogP contribution in [0.15, 0.2) is 36.7 Å². The molecule has 0 atom stereocenters. The molecule has 0 aliphatic carbocycles. The molecule has 0 bridgehead atoms. The van der Waals surface area contributed by atoms with Crippen molar-refractivity contribution in [3.8, 4) is 6.07 Å². The Bertz CT molecular complexity index is 659. The molecule has 0 radical (unpaired) electrons. The van der Waals surface area contributed by atoms with Crippen molar-refractivity contribution in [3.63, 3.8) is 0 Å². The van der Waals surface area contributed by atoms with Crippen molar-refractivity contribution in [1.29, 1.82) is 5.26 Å².